The van der Waals surface area contributed by atoms with E-state index in [1.54, 1.807) is 0 Å². The first-order chi connectivity index (χ1) is 6.27. The van der Waals surface area contributed by atoms with Crippen molar-refractivity contribution < 1.29 is 4.42 Å². The summed E-state index contributed by atoms with van der Waals surface area (Å²) in [7, 11) is 0. The average molecular weight is 351 g/mol. The second-order valence-electron chi connectivity index (χ2n) is 2.37. The molecule has 0 aliphatic rings. The molecule has 66 valence electrons. The van der Waals surface area contributed by atoms with E-state index in [0.717, 1.165) is 13.6 Å². The van der Waals surface area contributed by atoms with Crippen molar-refractivity contribution in [2.45, 2.75) is 0 Å². The zero-order valence-corrected chi connectivity index (χ0v) is 10.1. The van der Waals surface area contributed by atoms with Gasteiger partial charge in [-0.15, -0.1) is 10.2 Å². The van der Waals surface area contributed by atoms with Crippen LogP contribution < -0.4 is 0 Å². The molecule has 0 fully saturated rings. The van der Waals surface area contributed by atoms with Gasteiger partial charge in [-0.2, -0.15) is 0 Å². The lowest BCUT2D eigenvalue weighted by Gasteiger charge is -1.98. The number of rotatable bonds is 1. The monoisotopic (exact) mass is 350 g/mol. The summed E-state index contributed by atoms with van der Waals surface area (Å²) in [5.74, 6) is 0.553. The second-order valence-corrected chi connectivity index (χ2v) is 4.45. The Bertz CT molecular complexity index is 416. The van der Waals surface area contributed by atoms with Crippen molar-refractivity contribution in [2.75, 3.05) is 0 Å². The number of nitrogens with zero attached hydrogens (tertiary/aromatic N) is 2. The highest BCUT2D eigenvalue weighted by Crippen LogP contribution is 2.25. The Labute approximate surface area is 96.8 Å². The highest BCUT2D eigenvalue weighted by Gasteiger charge is 2.07. The number of halogens is 2. The van der Waals surface area contributed by atoms with Crippen LogP contribution in [0, 0.1) is 3.57 Å². The van der Waals surface area contributed by atoms with Gasteiger partial charge in [0.1, 0.15) is 0 Å². The van der Waals surface area contributed by atoms with Crippen LogP contribution in [0.3, 0.4) is 0 Å². The molecule has 0 aliphatic heterocycles. The molecule has 13 heavy (non-hydrogen) atoms. The van der Waals surface area contributed by atoms with Crippen LogP contribution in [0.5, 0.6) is 0 Å². The summed E-state index contributed by atoms with van der Waals surface area (Å²) < 4.78 is 7.22. The van der Waals surface area contributed by atoms with Crippen molar-refractivity contribution in [1.29, 1.82) is 0 Å². The van der Waals surface area contributed by atoms with Gasteiger partial charge in [0, 0.05) is 8.04 Å². The molecule has 2 aromatic rings. The van der Waals surface area contributed by atoms with Crippen molar-refractivity contribution in [1.82, 2.24) is 10.2 Å². The molecule has 0 saturated carbocycles. The average Bonchev–Trinajstić information content (AvgIpc) is 2.56. The highest BCUT2D eigenvalue weighted by atomic mass is 127. The first kappa shape index (κ1) is 9.14. The predicted octanol–water partition coefficient (Wildman–Crippen LogP) is 3.10. The standard InChI is InChI=1S/C8H4BrIN2O/c9-5-1-2-6(7(10)3-5)8-12-11-4-13-8/h1-4H. The number of hydrogen-bond acceptors (Lipinski definition) is 3. The SMILES string of the molecule is Brc1ccc(-c2nnco2)c(I)c1. The summed E-state index contributed by atoms with van der Waals surface area (Å²) in [4.78, 5) is 0. The second kappa shape index (κ2) is 3.75. The third-order valence-electron chi connectivity index (χ3n) is 1.52. The fraction of sp³-hybridized carbons (Fsp3) is 0. The Morgan fingerprint density at radius 2 is 2.23 bits per heavy atom. The van der Waals surface area contributed by atoms with Crippen LogP contribution in [0.4, 0.5) is 0 Å². The normalized spacial score (nSPS) is 10.3. The maximum atomic E-state index is 5.10. The fourth-order valence-electron chi connectivity index (χ4n) is 0.953. The minimum atomic E-state index is 0.553. The molecule has 1 aromatic carbocycles. The lowest BCUT2D eigenvalue weighted by Crippen LogP contribution is -1.82. The van der Waals surface area contributed by atoms with Crippen LogP contribution in [0.1, 0.15) is 0 Å². The Kier molecular flexibility index (Phi) is 2.63. The first-order valence-corrected chi connectivity index (χ1v) is 5.36. The van der Waals surface area contributed by atoms with Crippen LogP contribution in [-0.2, 0) is 0 Å². The molecule has 2 rings (SSSR count). The Morgan fingerprint density at radius 3 is 2.85 bits per heavy atom. The zero-order valence-electron chi connectivity index (χ0n) is 6.37. The molecule has 0 atom stereocenters. The van der Waals surface area contributed by atoms with Crippen molar-refractivity contribution >= 4 is 38.5 Å². The van der Waals surface area contributed by atoms with E-state index in [-0.39, 0.29) is 0 Å². The summed E-state index contributed by atoms with van der Waals surface area (Å²) in [5.41, 5.74) is 0.960. The summed E-state index contributed by atoms with van der Waals surface area (Å²) in [6, 6.07) is 5.89. The van der Waals surface area contributed by atoms with E-state index >= 15 is 0 Å². The molecular formula is C8H4BrIN2O. The van der Waals surface area contributed by atoms with Gasteiger partial charge >= 0.3 is 0 Å². The van der Waals surface area contributed by atoms with Gasteiger partial charge in [0.15, 0.2) is 0 Å². The minimum absolute atomic E-state index is 0.553. The van der Waals surface area contributed by atoms with Gasteiger partial charge in [0.25, 0.3) is 0 Å². The third kappa shape index (κ3) is 1.91. The largest absolute Gasteiger partial charge is 0.423 e. The van der Waals surface area contributed by atoms with Gasteiger partial charge in [0.2, 0.25) is 12.3 Å². The maximum absolute atomic E-state index is 5.10. The maximum Gasteiger partial charge on any atom is 0.248 e. The van der Waals surface area contributed by atoms with E-state index in [1.165, 1.54) is 6.39 Å². The number of hydrogen-bond donors (Lipinski definition) is 0. The lowest BCUT2D eigenvalue weighted by atomic mass is 10.2. The van der Waals surface area contributed by atoms with Crippen LogP contribution in [0.15, 0.2) is 33.5 Å². The molecule has 0 radical (unpaired) electrons. The van der Waals surface area contributed by atoms with Crippen molar-refractivity contribution in [3.63, 3.8) is 0 Å². The Balaban J connectivity index is 2.53. The van der Waals surface area contributed by atoms with Crippen LogP contribution in [-0.4, -0.2) is 10.2 Å². The summed E-state index contributed by atoms with van der Waals surface area (Å²) in [5, 5.41) is 7.47. The summed E-state index contributed by atoms with van der Waals surface area (Å²) >= 11 is 5.62. The van der Waals surface area contributed by atoms with Crippen LogP contribution in [0.25, 0.3) is 11.5 Å². The van der Waals surface area contributed by atoms with E-state index in [2.05, 4.69) is 48.7 Å². The van der Waals surface area contributed by atoms with Gasteiger partial charge in [0.05, 0.1) is 5.56 Å². The highest BCUT2D eigenvalue weighted by molar-refractivity contribution is 14.1. The molecule has 1 heterocycles. The molecule has 0 amide bonds. The smallest absolute Gasteiger partial charge is 0.248 e. The lowest BCUT2D eigenvalue weighted by molar-refractivity contribution is 0.568. The summed E-state index contributed by atoms with van der Waals surface area (Å²) in [6.45, 7) is 0. The predicted molar refractivity (Wildman–Crippen MR) is 60.2 cm³/mol. The van der Waals surface area contributed by atoms with Gasteiger partial charge in [-0.3, -0.25) is 0 Å². The van der Waals surface area contributed by atoms with E-state index < -0.39 is 0 Å². The summed E-state index contributed by atoms with van der Waals surface area (Å²) in [6.07, 6.45) is 1.33. The molecule has 1 aromatic heterocycles. The van der Waals surface area contributed by atoms with Gasteiger partial charge in [-0.05, 0) is 40.8 Å². The van der Waals surface area contributed by atoms with Crippen molar-refractivity contribution in [3.05, 3.63) is 32.6 Å². The van der Waals surface area contributed by atoms with Gasteiger partial charge < -0.3 is 4.42 Å². The van der Waals surface area contributed by atoms with E-state index in [0.29, 0.717) is 5.89 Å². The molecule has 0 aliphatic carbocycles. The van der Waals surface area contributed by atoms with Gasteiger partial charge in [-0.1, -0.05) is 15.9 Å². The number of benzene rings is 1. The Morgan fingerprint density at radius 1 is 1.38 bits per heavy atom. The van der Waals surface area contributed by atoms with Crippen LogP contribution >= 0.6 is 38.5 Å². The molecular weight excluding hydrogens is 347 g/mol. The zero-order chi connectivity index (χ0) is 9.26. The molecule has 0 unspecified atom stereocenters. The van der Waals surface area contributed by atoms with Gasteiger partial charge in [-0.25, -0.2) is 0 Å². The third-order valence-corrected chi connectivity index (χ3v) is 2.91. The van der Waals surface area contributed by atoms with E-state index in [1.807, 2.05) is 18.2 Å². The minimum Gasteiger partial charge on any atom is -0.423 e. The van der Waals surface area contributed by atoms with E-state index in [4.69, 9.17) is 4.42 Å². The molecule has 0 saturated heterocycles. The number of aromatic nitrogens is 2. The van der Waals surface area contributed by atoms with Crippen molar-refractivity contribution in [2.24, 2.45) is 0 Å². The first-order valence-electron chi connectivity index (χ1n) is 3.49. The van der Waals surface area contributed by atoms with E-state index in [9.17, 15) is 0 Å². The Hall–Kier alpha value is -0.430. The molecule has 0 spiro atoms. The van der Waals surface area contributed by atoms with Crippen LogP contribution in [0.2, 0.25) is 0 Å². The topological polar surface area (TPSA) is 38.9 Å². The quantitative estimate of drug-likeness (QED) is 0.742. The molecule has 0 N–H and O–H groups in total. The molecule has 3 nitrogen and oxygen atoms in total. The van der Waals surface area contributed by atoms with Crippen molar-refractivity contribution in [3.8, 4) is 11.5 Å². The molecule has 0 bridgehead atoms. The fourth-order valence-corrected chi connectivity index (χ4v) is 2.49. The molecule has 5 heteroatoms.